The summed E-state index contributed by atoms with van der Waals surface area (Å²) in [5.74, 6) is 1.35. The SMILES string of the molecule is Cn1cnc(N2CCN(c3ccc4ncnc(OC5CCOC5)c4c3)CC2)cc1=O. The van der Waals surface area contributed by atoms with Crippen LogP contribution in [-0.2, 0) is 11.8 Å². The molecule has 0 radical (unpaired) electrons. The zero-order valence-corrected chi connectivity index (χ0v) is 16.9. The topological polar surface area (TPSA) is 85.6 Å². The molecule has 1 unspecified atom stereocenters. The van der Waals surface area contributed by atoms with E-state index in [0.29, 0.717) is 12.5 Å². The molecule has 1 aromatic carbocycles. The maximum absolute atomic E-state index is 11.9. The molecule has 0 saturated carbocycles. The zero-order valence-electron chi connectivity index (χ0n) is 16.9. The Morgan fingerprint density at radius 3 is 2.67 bits per heavy atom. The number of aromatic nitrogens is 4. The largest absolute Gasteiger partial charge is 0.471 e. The number of ether oxygens (including phenoxy) is 2. The third-order valence-corrected chi connectivity index (χ3v) is 5.68. The molecule has 2 fully saturated rings. The van der Waals surface area contributed by atoms with Gasteiger partial charge < -0.3 is 23.8 Å². The van der Waals surface area contributed by atoms with Crippen LogP contribution in [0.2, 0.25) is 0 Å². The second-order valence-corrected chi connectivity index (χ2v) is 7.65. The van der Waals surface area contributed by atoms with Crippen LogP contribution in [-0.4, -0.2) is 65.0 Å². The Balaban J connectivity index is 1.33. The van der Waals surface area contributed by atoms with Crippen molar-refractivity contribution in [3.63, 3.8) is 0 Å². The maximum atomic E-state index is 11.9. The molecular weight excluding hydrogens is 384 g/mol. The van der Waals surface area contributed by atoms with Crippen LogP contribution < -0.4 is 20.1 Å². The van der Waals surface area contributed by atoms with Crippen molar-refractivity contribution in [3.05, 3.63) is 47.3 Å². The number of hydrogen-bond donors (Lipinski definition) is 0. The van der Waals surface area contributed by atoms with Crippen molar-refractivity contribution in [1.82, 2.24) is 19.5 Å². The summed E-state index contributed by atoms with van der Waals surface area (Å²) in [5, 5.41) is 0.914. The smallest absolute Gasteiger partial charge is 0.255 e. The van der Waals surface area contributed by atoms with Crippen LogP contribution in [0.5, 0.6) is 5.88 Å². The number of fused-ring (bicyclic) bond motifs is 1. The second kappa shape index (κ2) is 7.91. The fourth-order valence-corrected chi connectivity index (χ4v) is 3.89. The van der Waals surface area contributed by atoms with Crippen LogP contribution >= 0.6 is 0 Å². The molecule has 0 aliphatic carbocycles. The highest BCUT2D eigenvalue weighted by Crippen LogP contribution is 2.29. The van der Waals surface area contributed by atoms with Gasteiger partial charge in [0.15, 0.2) is 0 Å². The van der Waals surface area contributed by atoms with Gasteiger partial charge in [0.1, 0.15) is 18.2 Å². The summed E-state index contributed by atoms with van der Waals surface area (Å²) in [7, 11) is 1.71. The number of benzene rings is 1. The molecule has 2 saturated heterocycles. The van der Waals surface area contributed by atoms with Crippen LogP contribution in [0.1, 0.15) is 6.42 Å². The van der Waals surface area contributed by atoms with E-state index in [1.165, 1.54) is 4.57 Å². The van der Waals surface area contributed by atoms with Crippen molar-refractivity contribution in [1.29, 1.82) is 0 Å². The van der Waals surface area contributed by atoms with Gasteiger partial charge in [0.05, 0.1) is 30.4 Å². The lowest BCUT2D eigenvalue weighted by molar-refractivity contribution is 0.139. The first-order chi connectivity index (χ1) is 14.7. The number of rotatable bonds is 4. The molecule has 4 heterocycles. The molecule has 0 amide bonds. The number of anilines is 2. The molecule has 30 heavy (non-hydrogen) atoms. The minimum atomic E-state index is -0.0443. The first-order valence-corrected chi connectivity index (χ1v) is 10.2. The zero-order chi connectivity index (χ0) is 20.5. The molecule has 0 N–H and O–H groups in total. The van der Waals surface area contributed by atoms with E-state index in [-0.39, 0.29) is 11.7 Å². The van der Waals surface area contributed by atoms with Crippen molar-refractivity contribution in [2.45, 2.75) is 12.5 Å². The Morgan fingerprint density at radius 1 is 1.07 bits per heavy atom. The lowest BCUT2D eigenvalue weighted by Crippen LogP contribution is -2.47. The van der Waals surface area contributed by atoms with Gasteiger partial charge in [-0.2, -0.15) is 0 Å². The molecular formula is C21H24N6O3. The van der Waals surface area contributed by atoms with Gasteiger partial charge >= 0.3 is 0 Å². The van der Waals surface area contributed by atoms with Gasteiger partial charge in [-0.05, 0) is 18.2 Å². The normalized spacial score (nSPS) is 19.4. The van der Waals surface area contributed by atoms with Gasteiger partial charge in [-0.15, -0.1) is 0 Å². The molecule has 156 valence electrons. The molecule has 0 bridgehead atoms. The van der Waals surface area contributed by atoms with E-state index in [4.69, 9.17) is 9.47 Å². The lowest BCUT2D eigenvalue weighted by atomic mass is 10.2. The lowest BCUT2D eigenvalue weighted by Gasteiger charge is -2.36. The van der Waals surface area contributed by atoms with Gasteiger partial charge in [0, 0.05) is 51.4 Å². The van der Waals surface area contributed by atoms with Crippen molar-refractivity contribution in [2.24, 2.45) is 7.05 Å². The Hall–Kier alpha value is -3.20. The molecule has 2 aliphatic rings. The molecule has 2 aromatic heterocycles. The van der Waals surface area contributed by atoms with Crippen molar-refractivity contribution in [3.8, 4) is 5.88 Å². The Morgan fingerprint density at radius 2 is 1.90 bits per heavy atom. The number of piperazine rings is 1. The van der Waals surface area contributed by atoms with E-state index >= 15 is 0 Å². The summed E-state index contributed by atoms with van der Waals surface area (Å²) in [6.45, 7) is 4.60. The fourth-order valence-electron chi connectivity index (χ4n) is 3.89. The summed E-state index contributed by atoms with van der Waals surface area (Å²) < 4.78 is 13.0. The summed E-state index contributed by atoms with van der Waals surface area (Å²) in [5.41, 5.74) is 1.93. The van der Waals surface area contributed by atoms with Crippen LogP contribution in [0.15, 0.2) is 41.7 Å². The second-order valence-electron chi connectivity index (χ2n) is 7.65. The number of hydrogen-bond acceptors (Lipinski definition) is 8. The van der Waals surface area contributed by atoms with Crippen molar-refractivity contribution in [2.75, 3.05) is 49.2 Å². The summed E-state index contributed by atoms with van der Waals surface area (Å²) in [6, 6.07) is 7.80. The molecule has 3 aromatic rings. The Labute approximate surface area is 173 Å². The van der Waals surface area contributed by atoms with Crippen molar-refractivity contribution >= 4 is 22.4 Å². The molecule has 9 heteroatoms. The van der Waals surface area contributed by atoms with Crippen LogP contribution in [0, 0.1) is 0 Å². The summed E-state index contributed by atoms with van der Waals surface area (Å²) >= 11 is 0. The Kier molecular flexibility index (Phi) is 4.96. The van der Waals surface area contributed by atoms with Crippen molar-refractivity contribution < 1.29 is 9.47 Å². The third-order valence-electron chi connectivity index (χ3n) is 5.68. The van der Waals surface area contributed by atoms with E-state index in [1.807, 2.05) is 6.07 Å². The maximum Gasteiger partial charge on any atom is 0.255 e. The standard InChI is InChI=1S/C21H24N6O3/c1-25-14-24-19(11-20(25)28)27-7-5-26(6-8-27)15-2-3-18-17(10-15)21(23-13-22-18)30-16-4-9-29-12-16/h2-3,10-11,13-14,16H,4-9,12H2,1H3. The molecule has 2 aliphatic heterocycles. The molecule has 0 spiro atoms. The van der Waals surface area contributed by atoms with Crippen LogP contribution in [0.4, 0.5) is 11.5 Å². The number of nitrogens with zero attached hydrogens (tertiary/aromatic N) is 6. The molecule has 1 atom stereocenters. The fraction of sp³-hybridized carbons (Fsp3) is 0.429. The Bertz CT molecular complexity index is 1100. The minimum absolute atomic E-state index is 0.0429. The predicted molar refractivity (Wildman–Crippen MR) is 113 cm³/mol. The first-order valence-electron chi connectivity index (χ1n) is 10.2. The summed E-state index contributed by atoms with van der Waals surface area (Å²) in [4.78, 5) is 29.5. The molecule has 5 rings (SSSR count). The van der Waals surface area contributed by atoms with Crippen LogP contribution in [0.3, 0.4) is 0 Å². The van der Waals surface area contributed by atoms with Gasteiger partial charge in [-0.1, -0.05) is 0 Å². The van der Waals surface area contributed by atoms with Crippen LogP contribution in [0.25, 0.3) is 10.9 Å². The van der Waals surface area contributed by atoms with E-state index in [1.54, 1.807) is 25.8 Å². The third kappa shape index (κ3) is 3.68. The highest BCUT2D eigenvalue weighted by Gasteiger charge is 2.21. The van der Waals surface area contributed by atoms with E-state index in [2.05, 4.69) is 36.9 Å². The average molecular weight is 408 g/mol. The van der Waals surface area contributed by atoms with E-state index < -0.39 is 0 Å². The predicted octanol–water partition coefficient (Wildman–Crippen LogP) is 1.22. The van der Waals surface area contributed by atoms with E-state index in [0.717, 1.165) is 61.6 Å². The number of aryl methyl sites for hydroxylation is 1. The highest BCUT2D eigenvalue weighted by atomic mass is 16.5. The van der Waals surface area contributed by atoms with E-state index in [9.17, 15) is 4.79 Å². The minimum Gasteiger partial charge on any atom is -0.471 e. The quantitative estimate of drug-likeness (QED) is 0.637. The monoisotopic (exact) mass is 408 g/mol. The average Bonchev–Trinajstić information content (AvgIpc) is 3.29. The highest BCUT2D eigenvalue weighted by molar-refractivity contribution is 5.86. The first kappa shape index (κ1) is 18.8. The van der Waals surface area contributed by atoms with Gasteiger partial charge in [0.25, 0.3) is 5.56 Å². The molecule has 9 nitrogen and oxygen atoms in total. The van der Waals surface area contributed by atoms with Gasteiger partial charge in [-0.3, -0.25) is 4.79 Å². The van der Waals surface area contributed by atoms with Gasteiger partial charge in [-0.25, -0.2) is 15.0 Å². The van der Waals surface area contributed by atoms with Gasteiger partial charge in [0.2, 0.25) is 5.88 Å². The summed E-state index contributed by atoms with van der Waals surface area (Å²) in [6.07, 6.45) is 4.04.